The predicted molar refractivity (Wildman–Crippen MR) is 73.4 cm³/mol. The number of halogens is 1. The van der Waals surface area contributed by atoms with Crippen LogP contribution in [0.4, 0.5) is 10.2 Å². The van der Waals surface area contributed by atoms with E-state index in [-0.39, 0.29) is 11.5 Å². The van der Waals surface area contributed by atoms with E-state index in [9.17, 15) is 9.18 Å². The number of ether oxygens (including phenoxy) is 1. The highest BCUT2D eigenvalue weighted by Crippen LogP contribution is 2.26. The van der Waals surface area contributed by atoms with Gasteiger partial charge in [-0.3, -0.25) is 4.57 Å². The van der Waals surface area contributed by atoms with Crippen molar-refractivity contribution in [2.45, 2.75) is 20.3 Å². The first-order chi connectivity index (χ1) is 9.51. The lowest BCUT2D eigenvalue weighted by molar-refractivity contribution is 0.0595. The smallest absolute Gasteiger partial charge is 0.360 e. The maximum absolute atomic E-state index is 14.1. The first kappa shape index (κ1) is 14.0. The van der Waals surface area contributed by atoms with Crippen LogP contribution < -0.4 is 5.73 Å². The Morgan fingerprint density at radius 1 is 1.50 bits per heavy atom. The van der Waals surface area contributed by atoms with E-state index in [2.05, 4.69) is 9.72 Å². The second kappa shape index (κ2) is 5.32. The van der Waals surface area contributed by atoms with Gasteiger partial charge in [0, 0.05) is 6.42 Å². The molecule has 0 unspecified atom stereocenters. The van der Waals surface area contributed by atoms with Gasteiger partial charge >= 0.3 is 5.97 Å². The maximum Gasteiger partial charge on any atom is 0.360 e. The molecule has 0 saturated heterocycles. The van der Waals surface area contributed by atoms with Crippen molar-refractivity contribution in [1.82, 2.24) is 9.55 Å². The minimum atomic E-state index is -0.634. The lowest BCUT2D eigenvalue weighted by atomic mass is 10.2. The van der Waals surface area contributed by atoms with Crippen LogP contribution in [0.3, 0.4) is 0 Å². The lowest BCUT2D eigenvalue weighted by Crippen LogP contribution is -2.10. The number of nitrogen functional groups attached to an aromatic ring is 1. The molecule has 0 aliphatic carbocycles. The van der Waals surface area contributed by atoms with E-state index in [1.54, 1.807) is 19.1 Å². The molecule has 2 aromatic rings. The summed E-state index contributed by atoms with van der Waals surface area (Å²) in [5.74, 6) is -0.455. The molecule has 5 nitrogen and oxygen atoms in total. The van der Waals surface area contributed by atoms with Gasteiger partial charge in [0.1, 0.15) is 17.5 Å². The van der Waals surface area contributed by atoms with Crippen molar-refractivity contribution in [1.29, 1.82) is 0 Å². The molecule has 1 heterocycles. The van der Waals surface area contributed by atoms with Crippen molar-refractivity contribution in [3.8, 4) is 5.69 Å². The number of nitrogens with zero attached hydrogens (tertiary/aromatic N) is 2. The molecule has 2 N–H and O–H groups in total. The zero-order chi connectivity index (χ0) is 14.9. The molecule has 1 aromatic carbocycles. The van der Waals surface area contributed by atoms with Crippen LogP contribution in [0.2, 0.25) is 0 Å². The molecule has 0 spiro atoms. The highest BCUT2D eigenvalue weighted by Gasteiger charge is 2.23. The van der Waals surface area contributed by atoms with E-state index in [4.69, 9.17) is 5.73 Å². The maximum atomic E-state index is 14.1. The normalized spacial score (nSPS) is 10.6. The minimum absolute atomic E-state index is 0.00648. The third-order valence-corrected chi connectivity index (χ3v) is 3.09. The third kappa shape index (κ3) is 2.13. The molecule has 0 aliphatic heterocycles. The number of imidazole rings is 1. The monoisotopic (exact) mass is 277 g/mol. The van der Waals surface area contributed by atoms with Gasteiger partial charge in [0.2, 0.25) is 0 Å². The van der Waals surface area contributed by atoms with Crippen molar-refractivity contribution in [2.75, 3.05) is 12.8 Å². The molecule has 0 bridgehead atoms. The SMILES string of the molecule is CCc1nc(C(=O)OC)c(N)n1-c1c(C)cccc1F. The van der Waals surface area contributed by atoms with E-state index in [0.717, 1.165) is 0 Å². The second-order valence-electron chi connectivity index (χ2n) is 4.35. The topological polar surface area (TPSA) is 70.1 Å². The summed E-state index contributed by atoms with van der Waals surface area (Å²) in [6.45, 7) is 3.63. The number of carbonyl (C=O) groups excluding carboxylic acids is 1. The highest BCUT2D eigenvalue weighted by atomic mass is 19.1. The van der Waals surface area contributed by atoms with Gasteiger partial charge in [-0.1, -0.05) is 19.1 Å². The van der Waals surface area contributed by atoms with Gasteiger partial charge in [-0.2, -0.15) is 0 Å². The fourth-order valence-electron chi connectivity index (χ4n) is 2.12. The summed E-state index contributed by atoms with van der Waals surface area (Å²) in [5.41, 5.74) is 6.98. The molecule has 0 amide bonds. The van der Waals surface area contributed by atoms with E-state index in [0.29, 0.717) is 23.5 Å². The van der Waals surface area contributed by atoms with Gasteiger partial charge in [0.05, 0.1) is 12.8 Å². The summed E-state index contributed by atoms with van der Waals surface area (Å²) in [6, 6.07) is 4.74. The number of rotatable bonds is 3. The Labute approximate surface area is 116 Å². The number of anilines is 1. The number of aromatic nitrogens is 2. The fourth-order valence-corrected chi connectivity index (χ4v) is 2.12. The molecule has 2 rings (SSSR count). The predicted octanol–water partition coefficient (Wildman–Crippen LogP) is 2.25. The summed E-state index contributed by atoms with van der Waals surface area (Å²) < 4.78 is 20.2. The number of aryl methyl sites for hydroxylation is 2. The average molecular weight is 277 g/mol. The third-order valence-electron chi connectivity index (χ3n) is 3.09. The van der Waals surface area contributed by atoms with E-state index in [1.165, 1.54) is 17.7 Å². The van der Waals surface area contributed by atoms with Crippen LogP contribution in [-0.4, -0.2) is 22.6 Å². The lowest BCUT2D eigenvalue weighted by Gasteiger charge is -2.12. The van der Waals surface area contributed by atoms with Gasteiger partial charge < -0.3 is 10.5 Å². The van der Waals surface area contributed by atoms with Crippen LogP contribution in [0.25, 0.3) is 5.69 Å². The number of esters is 1. The number of nitrogens with two attached hydrogens (primary N) is 1. The molecule has 0 fully saturated rings. The van der Waals surface area contributed by atoms with Crippen LogP contribution in [0.5, 0.6) is 0 Å². The van der Waals surface area contributed by atoms with Crippen molar-refractivity contribution in [3.05, 3.63) is 41.1 Å². The number of carbonyl (C=O) groups is 1. The Hall–Kier alpha value is -2.37. The van der Waals surface area contributed by atoms with Crippen LogP contribution in [0, 0.1) is 12.7 Å². The molecule has 6 heteroatoms. The highest BCUT2D eigenvalue weighted by molar-refractivity contribution is 5.92. The van der Waals surface area contributed by atoms with Crippen molar-refractivity contribution < 1.29 is 13.9 Å². The standard InChI is InChI=1S/C14H16FN3O2/c1-4-10-17-11(14(19)20-3)13(16)18(10)12-8(2)6-5-7-9(12)15/h5-7H,4,16H2,1-3H3. The Bertz CT molecular complexity index is 644. The van der Waals surface area contributed by atoms with Crippen molar-refractivity contribution in [3.63, 3.8) is 0 Å². The quantitative estimate of drug-likeness (QED) is 0.873. The number of hydrogen-bond donors (Lipinski definition) is 1. The summed E-state index contributed by atoms with van der Waals surface area (Å²) in [4.78, 5) is 15.8. The zero-order valence-electron chi connectivity index (χ0n) is 11.6. The molecular formula is C14H16FN3O2. The summed E-state index contributed by atoms with van der Waals surface area (Å²) >= 11 is 0. The van der Waals surface area contributed by atoms with Crippen LogP contribution >= 0.6 is 0 Å². The van der Waals surface area contributed by atoms with Gasteiger partial charge in [0.15, 0.2) is 5.69 Å². The molecule has 106 valence electrons. The zero-order valence-corrected chi connectivity index (χ0v) is 11.6. The molecule has 0 atom stereocenters. The molecule has 0 radical (unpaired) electrons. The van der Waals surface area contributed by atoms with Gasteiger partial charge in [0.25, 0.3) is 0 Å². The van der Waals surface area contributed by atoms with Crippen molar-refractivity contribution in [2.24, 2.45) is 0 Å². The Morgan fingerprint density at radius 2 is 2.20 bits per heavy atom. The van der Waals surface area contributed by atoms with Gasteiger partial charge in [-0.25, -0.2) is 14.2 Å². The average Bonchev–Trinajstić information content (AvgIpc) is 2.75. The number of hydrogen-bond acceptors (Lipinski definition) is 4. The number of para-hydroxylation sites is 1. The van der Waals surface area contributed by atoms with Crippen LogP contribution in [-0.2, 0) is 11.2 Å². The summed E-state index contributed by atoms with van der Waals surface area (Å²) in [5, 5.41) is 0. The second-order valence-corrected chi connectivity index (χ2v) is 4.35. The van der Waals surface area contributed by atoms with E-state index >= 15 is 0 Å². The summed E-state index contributed by atoms with van der Waals surface area (Å²) in [6.07, 6.45) is 0.509. The first-order valence-electron chi connectivity index (χ1n) is 6.22. The van der Waals surface area contributed by atoms with E-state index < -0.39 is 11.8 Å². The summed E-state index contributed by atoms with van der Waals surface area (Å²) in [7, 11) is 1.25. The minimum Gasteiger partial charge on any atom is -0.464 e. The Morgan fingerprint density at radius 3 is 2.75 bits per heavy atom. The van der Waals surface area contributed by atoms with Crippen molar-refractivity contribution >= 4 is 11.8 Å². The molecule has 20 heavy (non-hydrogen) atoms. The fraction of sp³-hybridized carbons (Fsp3) is 0.286. The van der Waals surface area contributed by atoms with E-state index in [1.807, 2.05) is 6.92 Å². The molecular weight excluding hydrogens is 261 g/mol. The van der Waals surface area contributed by atoms with Crippen LogP contribution in [0.1, 0.15) is 28.8 Å². The van der Waals surface area contributed by atoms with Crippen LogP contribution in [0.15, 0.2) is 18.2 Å². The molecule has 0 saturated carbocycles. The largest absolute Gasteiger partial charge is 0.464 e. The first-order valence-corrected chi connectivity index (χ1v) is 6.22. The van der Waals surface area contributed by atoms with Gasteiger partial charge in [-0.15, -0.1) is 0 Å². The Kier molecular flexibility index (Phi) is 3.74. The van der Waals surface area contributed by atoms with Gasteiger partial charge in [-0.05, 0) is 18.6 Å². The number of methoxy groups -OCH3 is 1. The Balaban J connectivity index is 2.74. The molecule has 1 aromatic heterocycles. The number of benzene rings is 1. The molecule has 0 aliphatic rings.